The summed E-state index contributed by atoms with van der Waals surface area (Å²) in [5.74, 6) is 1.43. The minimum absolute atomic E-state index is 0.282. The molecule has 2 rings (SSSR count). The van der Waals surface area contributed by atoms with Crippen LogP contribution in [0.25, 0.3) is 0 Å². The lowest BCUT2D eigenvalue weighted by atomic mass is 10.1. The Morgan fingerprint density at radius 3 is 2.58 bits per heavy atom. The lowest BCUT2D eigenvalue weighted by molar-refractivity contribution is 0.460. The van der Waals surface area contributed by atoms with Gasteiger partial charge in [0.15, 0.2) is 0 Å². The fourth-order valence-electron chi connectivity index (χ4n) is 1.68. The van der Waals surface area contributed by atoms with Crippen LogP contribution in [0, 0.1) is 0 Å². The molecule has 0 spiro atoms. The van der Waals surface area contributed by atoms with Crippen molar-refractivity contribution in [1.82, 2.24) is 10.3 Å². The lowest BCUT2D eigenvalue weighted by Gasteiger charge is -2.12. The lowest BCUT2D eigenvalue weighted by Crippen LogP contribution is -2.12. The van der Waals surface area contributed by atoms with E-state index in [1.54, 1.807) is 18.0 Å². The van der Waals surface area contributed by atoms with E-state index < -0.39 is 0 Å². The third-order valence-corrected chi connectivity index (χ3v) is 3.72. The molecule has 1 atom stereocenters. The number of pyridine rings is 1. The van der Waals surface area contributed by atoms with Gasteiger partial charge in [-0.1, -0.05) is 0 Å². The summed E-state index contributed by atoms with van der Waals surface area (Å²) in [6.45, 7) is 2.10. The SMILES string of the molecule is CNC(C)c1ccnc(Oc2ccc(SC)cc2)c1. The maximum atomic E-state index is 5.77. The Balaban J connectivity index is 2.13. The second-order valence-corrected chi connectivity index (χ2v) is 5.10. The topological polar surface area (TPSA) is 34.2 Å². The van der Waals surface area contributed by atoms with Gasteiger partial charge in [0, 0.05) is 23.2 Å². The maximum Gasteiger partial charge on any atom is 0.219 e. The molecule has 1 aromatic carbocycles. The first-order valence-electron chi connectivity index (χ1n) is 6.18. The Bertz CT molecular complexity index is 528. The molecule has 19 heavy (non-hydrogen) atoms. The first-order chi connectivity index (χ1) is 9.22. The molecule has 100 valence electrons. The first-order valence-corrected chi connectivity index (χ1v) is 7.40. The van der Waals surface area contributed by atoms with E-state index in [9.17, 15) is 0 Å². The number of ether oxygens (including phenoxy) is 1. The van der Waals surface area contributed by atoms with E-state index in [4.69, 9.17) is 4.74 Å². The number of rotatable bonds is 5. The monoisotopic (exact) mass is 274 g/mol. The number of hydrogen-bond acceptors (Lipinski definition) is 4. The molecule has 0 amide bonds. The molecular weight excluding hydrogens is 256 g/mol. The van der Waals surface area contributed by atoms with Crippen LogP contribution in [0.4, 0.5) is 0 Å². The minimum atomic E-state index is 0.282. The van der Waals surface area contributed by atoms with Crippen LogP contribution in [0.3, 0.4) is 0 Å². The molecule has 1 N–H and O–H groups in total. The first kappa shape index (κ1) is 13.9. The van der Waals surface area contributed by atoms with Gasteiger partial charge in [0.1, 0.15) is 5.75 Å². The molecule has 3 nitrogen and oxygen atoms in total. The molecule has 0 aliphatic heterocycles. The molecule has 0 aliphatic rings. The molecule has 1 heterocycles. The highest BCUT2D eigenvalue weighted by atomic mass is 32.2. The summed E-state index contributed by atoms with van der Waals surface area (Å²) in [5.41, 5.74) is 1.16. The number of nitrogens with zero attached hydrogens (tertiary/aromatic N) is 1. The molecule has 2 aromatic rings. The number of thioether (sulfide) groups is 1. The van der Waals surface area contributed by atoms with Crippen molar-refractivity contribution in [3.63, 3.8) is 0 Å². The van der Waals surface area contributed by atoms with Crippen molar-refractivity contribution in [1.29, 1.82) is 0 Å². The van der Waals surface area contributed by atoms with Crippen molar-refractivity contribution in [3.05, 3.63) is 48.2 Å². The molecule has 0 bridgehead atoms. The molecule has 1 aromatic heterocycles. The Morgan fingerprint density at radius 1 is 1.21 bits per heavy atom. The second kappa shape index (κ2) is 6.59. The third kappa shape index (κ3) is 3.72. The summed E-state index contributed by atoms with van der Waals surface area (Å²) >= 11 is 1.71. The summed E-state index contributed by atoms with van der Waals surface area (Å²) in [4.78, 5) is 5.46. The van der Waals surface area contributed by atoms with E-state index in [1.165, 1.54) is 4.90 Å². The zero-order valence-corrected chi connectivity index (χ0v) is 12.2. The number of nitrogens with one attached hydrogen (secondary N) is 1. The highest BCUT2D eigenvalue weighted by Gasteiger charge is 2.05. The largest absolute Gasteiger partial charge is 0.439 e. The molecule has 0 saturated heterocycles. The average molecular weight is 274 g/mol. The van der Waals surface area contributed by atoms with Gasteiger partial charge in [-0.05, 0) is 56.1 Å². The predicted molar refractivity (Wildman–Crippen MR) is 80.0 cm³/mol. The average Bonchev–Trinajstić information content (AvgIpc) is 2.47. The van der Waals surface area contributed by atoms with Crippen LogP contribution in [-0.2, 0) is 0 Å². The Morgan fingerprint density at radius 2 is 1.95 bits per heavy atom. The van der Waals surface area contributed by atoms with E-state index in [-0.39, 0.29) is 6.04 Å². The van der Waals surface area contributed by atoms with Crippen LogP contribution in [-0.4, -0.2) is 18.3 Å². The van der Waals surface area contributed by atoms with Gasteiger partial charge in [-0.25, -0.2) is 4.98 Å². The quantitative estimate of drug-likeness (QED) is 0.839. The fourth-order valence-corrected chi connectivity index (χ4v) is 2.09. The predicted octanol–water partition coefficient (Wildman–Crippen LogP) is 3.88. The van der Waals surface area contributed by atoms with Gasteiger partial charge in [0.2, 0.25) is 5.88 Å². The van der Waals surface area contributed by atoms with Crippen LogP contribution in [0.15, 0.2) is 47.5 Å². The molecule has 0 saturated carbocycles. The van der Waals surface area contributed by atoms with Gasteiger partial charge in [0.05, 0.1) is 0 Å². The number of hydrogen-bond donors (Lipinski definition) is 1. The second-order valence-electron chi connectivity index (χ2n) is 4.22. The van der Waals surface area contributed by atoms with Gasteiger partial charge in [-0.3, -0.25) is 0 Å². The van der Waals surface area contributed by atoms with Crippen LogP contribution in [0.2, 0.25) is 0 Å². The third-order valence-electron chi connectivity index (χ3n) is 2.97. The minimum Gasteiger partial charge on any atom is -0.439 e. The van der Waals surface area contributed by atoms with E-state index in [2.05, 4.69) is 23.5 Å². The molecule has 1 unspecified atom stereocenters. The summed E-state index contributed by atoms with van der Waals surface area (Å²) in [7, 11) is 1.94. The smallest absolute Gasteiger partial charge is 0.219 e. The summed E-state index contributed by atoms with van der Waals surface area (Å²) in [6, 6.07) is 12.2. The van der Waals surface area contributed by atoms with Crippen molar-refractivity contribution >= 4 is 11.8 Å². The highest BCUT2D eigenvalue weighted by Crippen LogP contribution is 2.24. The standard InChI is InChI=1S/C15H18N2OS/c1-11(16-2)12-8-9-17-15(10-12)18-13-4-6-14(19-3)7-5-13/h4-11,16H,1-3H3. The van der Waals surface area contributed by atoms with Gasteiger partial charge in [-0.15, -0.1) is 11.8 Å². The number of aromatic nitrogens is 1. The van der Waals surface area contributed by atoms with Crippen molar-refractivity contribution < 1.29 is 4.74 Å². The highest BCUT2D eigenvalue weighted by molar-refractivity contribution is 7.98. The fraction of sp³-hybridized carbons (Fsp3) is 0.267. The van der Waals surface area contributed by atoms with E-state index >= 15 is 0 Å². The van der Waals surface area contributed by atoms with Crippen LogP contribution < -0.4 is 10.1 Å². The van der Waals surface area contributed by atoms with Crippen molar-refractivity contribution in [2.75, 3.05) is 13.3 Å². The van der Waals surface area contributed by atoms with Gasteiger partial charge < -0.3 is 10.1 Å². The molecule has 4 heteroatoms. The van der Waals surface area contributed by atoms with Gasteiger partial charge in [-0.2, -0.15) is 0 Å². The zero-order valence-electron chi connectivity index (χ0n) is 11.4. The molecule has 0 radical (unpaired) electrons. The Hall–Kier alpha value is -1.52. The summed E-state index contributed by atoms with van der Waals surface area (Å²) < 4.78 is 5.77. The zero-order chi connectivity index (χ0) is 13.7. The van der Waals surface area contributed by atoms with Crippen molar-refractivity contribution in [3.8, 4) is 11.6 Å². The van der Waals surface area contributed by atoms with E-state index in [0.717, 1.165) is 11.3 Å². The van der Waals surface area contributed by atoms with Crippen LogP contribution >= 0.6 is 11.8 Å². The van der Waals surface area contributed by atoms with Crippen LogP contribution in [0.5, 0.6) is 11.6 Å². The Labute approximate surface area is 118 Å². The van der Waals surface area contributed by atoms with Gasteiger partial charge in [0.25, 0.3) is 0 Å². The van der Waals surface area contributed by atoms with Crippen molar-refractivity contribution in [2.24, 2.45) is 0 Å². The van der Waals surface area contributed by atoms with Crippen molar-refractivity contribution in [2.45, 2.75) is 17.9 Å². The number of benzene rings is 1. The summed E-state index contributed by atoms with van der Waals surface area (Å²) in [5, 5.41) is 3.20. The van der Waals surface area contributed by atoms with Crippen LogP contribution in [0.1, 0.15) is 18.5 Å². The van der Waals surface area contributed by atoms with E-state index in [1.807, 2.05) is 43.4 Å². The van der Waals surface area contributed by atoms with Gasteiger partial charge >= 0.3 is 0 Å². The maximum absolute atomic E-state index is 5.77. The molecule has 0 fully saturated rings. The van der Waals surface area contributed by atoms with E-state index in [0.29, 0.717) is 5.88 Å². The normalized spacial score (nSPS) is 12.2. The Kier molecular flexibility index (Phi) is 4.82. The molecular formula is C15H18N2OS. The summed E-state index contributed by atoms with van der Waals surface area (Å²) in [6.07, 6.45) is 3.83. The molecule has 0 aliphatic carbocycles.